The number of aromatic amines is 1. The highest BCUT2D eigenvalue weighted by Crippen LogP contribution is 2.27. The number of para-hydroxylation sites is 1. The predicted molar refractivity (Wildman–Crippen MR) is 100 cm³/mol. The third kappa shape index (κ3) is 2.36. The largest absolute Gasteiger partial charge is 0.360 e. The van der Waals surface area contributed by atoms with Crippen LogP contribution in [0.5, 0.6) is 0 Å². The van der Waals surface area contributed by atoms with Crippen LogP contribution in [0, 0.1) is 0 Å². The van der Waals surface area contributed by atoms with Crippen molar-refractivity contribution in [3.05, 3.63) is 53.3 Å². The highest BCUT2D eigenvalue weighted by atomic mass is 16.2. The van der Waals surface area contributed by atoms with Gasteiger partial charge in [-0.05, 0) is 37.0 Å². The average Bonchev–Trinajstić information content (AvgIpc) is 3.26. The monoisotopic (exact) mass is 347 g/mol. The highest BCUT2D eigenvalue weighted by molar-refractivity contribution is 6.06. The van der Waals surface area contributed by atoms with Gasteiger partial charge in [0.25, 0.3) is 5.91 Å². The number of benzene rings is 1. The number of hydrogen-bond donors (Lipinski definition) is 1. The molecular formula is C20H21N5O. The number of amides is 1. The molecular weight excluding hydrogens is 326 g/mol. The van der Waals surface area contributed by atoms with Gasteiger partial charge in [-0.3, -0.25) is 4.79 Å². The van der Waals surface area contributed by atoms with E-state index in [9.17, 15) is 4.79 Å². The second kappa shape index (κ2) is 5.83. The van der Waals surface area contributed by atoms with Crippen molar-refractivity contribution in [2.45, 2.75) is 25.3 Å². The van der Waals surface area contributed by atoms with E-state index < -0.39 is 0 Å². The molecule has 3 heterocycles. The van der Waals surface area contributed by atoms with Gasteiger partial charge in [0.2, 0.25) is 0 Å². The number of nitrogens with one attached hydrogen (secondary N) is 1. The van der Waals surface area contributed by atoms with Crippen molar-refractivity contribution >= 4 is 22.6 Å². The zero-order valence-electron chi connectivity index (χ0n) is 14.8. The van der Waals surface area contributed by atoms with Crippen LogP contribution in [-0.4, -0.2) is 52.2 Å². The third-order valence-corrected chi connectivity index (χ3v) is 5.68. The van der Waals surface area contributed by atoms with Crippen LogP contribution in [0.3, 0.4) is 0 Å². The van der Waals surface area contributed by atoms with Gasteiger partial charge in [-0.25, -0.2) is 0 Å². The SMILES string of the molecule is CN(C(=O)c1c[nH]c2ccccc12)C1CN(c2cc3c(nn2)CCC3)C1. The van der Waals surface area contributed by atoms with Crippen LogP contribution in [0.4, 0.5) is 5.82 Å². The summed E-state index contributed by atoms with van der Waals surface area (Å²) in [4.78, 5) is 20.1. The predicted octanol–water partition coefficient (Wildman–Crippen LogP) is 2.41. The highest BCUT2D eigenvalue weighted by Gasteiger charge is 2.34. The summed E-state index contributed by atoms with van der Waals surface area (Å²) in [5.41, 5.74) is 4.21. The van der Waals surface area contributed by atoms with Gasteiger partial charge in [-0.15, -0.1) is 5.10 Å². The Morgan fingerprint density at radius 2 is 2.08 bits per heavy atom. The Morgan fingerprint density at radius 1 is 1.23 bits per heavy atom. The average molecular weight is 347 g/mol. The molecule has 26 heavy (non-hydrogen) atoms. The molecule has 3 aromatic rings. The zero-order valence-corrected chi connectivity index (χ0v) is 14.8. The quantitative estimate of drug-likeness (QED) is 0.790. The van der Waals surface area contributed by atoms with Gasteiger partial charge < -0.3 is 14.8 Å². The number of H-pyrrole nitrogens is 1. The van der Waals surface area contributed by atoms with Gasteiger partial charge in [0.15, 0.2) is 5.82 Å². The van der Waals surface area contributed by atoms with Gasteiger partial charge in [0.05, 0.1) is 17.3 Å². The van der Waals surface area contributed by atoms with E-state index >= 15 is 0 Å². The number of likely N-dealkylation sites (N-methyl/N-ethyl adjacent to an activating group) is 1. The zero-order chi connectivity index (χ0) is 17.7. The maximum atomic E-state index is 12.9. The number of rotatable bonds is 3. The Bertz CT molecular complexity index is 989. The Balaban J connectivity index is 1.29. The number of aryl methyl sites for hydroxylation is 2. The normalized spacial score (nSPS) is 16.6. The lowest BCUT2D eigenvalue weighted by Gasteiger charge is -2.44. The molecule has 5 rings (SSSR count). The summed E-state index contributed by atoms with van der Waals surface area (Å²) < 4.78 is 0. The summed E-state index contributed by atoms with van der Waals surface area (Å²) in [5.74, 6) is 1.00. The lowest BCUT2D eigenvalue weighted by Crippen LogP contribution is -2.60. The summed E-state index contributed by atoms with van der Waals surface area (Å²) in [6.07, 6.45) is 5.14. The first-order valence-electron chi connectivity index (χ1n) is 9.14. The fourth-order valence-corrected chi connectivity index (χ4v) is 3.96. The second-order valence-electron chi connectivity index (χ2n) is 7.25. The van der Waals surface area contributed by atoms with Crippen LogP contribution >= 0.6 is 0 Å². The molecule has 1 aliphatic carbocycles. The van der Waals surface area contributed by atoms with Crippen molar-refractivity contribution in [3.63, 3.8) is 0 Å². The molecule has 1 amide bonds. The molecule has 1 N–H and O–H groups in total. The van der Waals surface area contributed by atoms with Crippen LogP contribution in [0.1, 0.15) is 28.0 Å². The first-order chi connectivity index (χ1) is 12.7. The van der Waals surface area contributed by atoms with Crippen LogP contribution in [0.25, 0.3) is 10.9 Å². The summed E-state index contributed by atoms with van der Waals surface area (Å²) in [6, 6.07) is 10.3. The smallest absolute Gasteiger partial charge is 0.256 e. The van der Waals surface area contributed by atoms with Crippen molar-refractivity contribution < 1.29 is 4.79 Å². The number of carbonyl (C=O) groups excluding carboxylic acids is 1. The molecule has 0 spiro atoms. The third-order valence-electron chi connectivity index (χ3n) is 5.68. The summed E-state index contributed by atoms with van der Waals surface area (Å²) in [5, 5.41) is 9.71. The molecule has 0 radical (unpaired) electrons. The lowest BCUT2D eigenvalue weighted by molar-refractivity contribution is 0.0707. The molecule has 2 aromatic heterocycles. The maximum Gasteiger partial charge on any atom is 0.256 e. The first kappa shape index (κ1) is 15.4. The minimum absolute atomic E-state index is 0.0622. The van der Waals surface area contributed by atoms with E-state index in [2.05, 4.69) is 26.1 Å². The van der Waals surface area contributed by atoms with Crippen molar-refractivity contribution in [2.75, 3.05) is 25.0 Å². The molecule has 1 saturated heterocycles. The molecule has 6 heteroatoms. The fraction of sp³-hybridized carbons (Fsp3) is 0.350. The number of nitrogens with zero attached hydrogens (tertiary/aromatic N) is 4. The van der Waals surface area contributed by atoms with Gasteiger partial charge in [-0.1, -0.05) is 18.2 Å². The molecule has 0 atom stereocenters. The standard InChI is InChI=1S/C20H21N5O/c1-24(20(26)16-10-21-18-7-3-2-6-15(16)18)14-11-25(12-14)19-9-13-5-4-8-17(13)22-23-19/h2-3,6-7,9-10,14,21H,4-5,8,11-12H2,1H3. The summed E-state index contributed by atoms with van der Waals surface area (Å²) in [7, 11) is 1.89. The minimum atomic E-state index is 0.0622. The van der Waals surface area contributed by atoms with E-state index in [1.165, 1.54) is 12.0 Å². The number of carbonyl (C=O) groups is 1. The number of fused-ring (bicyclic) bond motifs is 2. The van der Waals surface area contributed by atoms with Crippen LogP contribution in [0.2, 0.25) is 0 Å². The maximum absolute atomic E-state index is 12.9. The molecule has 132 valence electrons. The molecule has 0 unspecified atom stereocenters. The number of anilines is 1. The van der Waals surface area contributed by atoms with Crippen molar-refractivity contribution in [1.29, 1.82) is 0 Å². The van der Waals surface area contributed by atoms with E-state index in [1.807, 2.05) is 42.4 Å². The van der Waals surface area contributed by atoms with E-state index in [0.717, 1.165) is 53.9 Å². The van der Waals surface area contributed by atoms with E-state index in [4.69, 9.17) is 0 Å². The van der Waals surface area contributed by atoms with Crippen molar-refractivity contribution in [1.82, 2.24) is 20.1 Å². The van der Waals surface area contributed by atoms with Gasteiger partial charge in [0, 0.05) is 37.2 Å². The summed E-state index contributed by atoms with van der Waals surface area (Å²) in [6.45, 7) is 1.61. The molecule has 0 bridgehead atoms. The molecule has 1 aliphatic heterocycles. The number of hydrogen-bond acceptors (Lipinski definition) is 4. The van der Waals surface area contributed by atoms with Gasteiger partial charge in [-0.2, -0.15) is 5.10 Å². The van der Waals surface area contributed by atoms with E-state index in [-0.39, 0.29) is 11.9 Å². The Kier molecular flexibility index (Phi) is 3.45. The van der Waals surface area contributed by atoms with Crippen LogP contribution in [0.15, 0.2) is 36.5 Å². The number of aromatic nitrogens is 3. The van der Waals surface area contributed by atoms with Crippen LogP contribution in [-0.2, 0) is 12.8 Å². The summed E-state index contributed by atoms with van der Waals surface area (Å²) >= 11 is 0. The first-order valence-corrected chi connectivity index (χ1v) is 9.14. The van der Waals surface area contributed by atoms with Crippen molar-refractivity contribution in [2.24, 2.45) is 0 Å². The lowest BCUT2D eigenvalue weighted by atomic mass is 10.1. The molecule has 0 saturated carbocycles. The molecule has 1 aromatic carbocycles. The molecule has 1 fully saturated rings. The topological polar surface area (TPSA) is 65.1 Å². The van der Waals surface area contributed by atoms with E-state index in [0.29, 0.717) is 0 Å². The molecule has 6 nitrogen and oxygen atoms in total. The fourth-order valence-electron chi connectivity index (χ4n) is 3.96. The van der Waals surface area contributed by atoms with Gasteiger partial charge >= 0.3 is 0 Å². The Hall–Kier alpha value is -2.89. The van der Waals surface area contributed by atoms with E-state index in [1.54, 1.807) is 0 Å². The van der Waals surface area contributed by atoms with Crippen molar-refractivity contribution in [3.8, 4) is 0 Å². The minimum Gasteiger partial charge on any atom is -0.360 e. The second-order valence-corrected chi connectivity index (χ2v) is 7.25. The Morgan fingerprint density at radius 3 is 2.96 bits per heavy atom. The molecule has 2 aliphatic rings. The van der Waals surface area contributed by atoms with Gasteiger partial charge in [0.1, 0.15) is 0 Å². The van der Waals surface area contributed by atoms with Crippen LogP contribution < -0.4 is 4.90 Å². The Labute approximate surface area is 151 Å².